The lowest BCUT2D eigenvalue weighted by Crippen LogP contribution is -2.62. The average molecular weight is 260 g/mol. The zero-order chi connectivity index (χ0) is 14.2. The molecule has 0 unspecified atom stereocenters. The van der Waals surface area contributed by atoms with Crippen molar-refractivity contribution in [1.29, 1.82) is 0 Å². The third kappa shape index (κ3) is 2.01. The van der Waals surface area contributed by atoms with Crippen LogP contribution in [-0.2, 0) is 16.0 Å². The highest BCUT2D eigenvalue weighted by Crippen LogP contribution is 2.30. The number of hydrogen-bond donors (Lipinski definition) is 1. The van der Waals surface area contributed by atoms with Gasteiger partial charge < -0.3 is 0 Å². The number of imide groups is 2. The van der Waals surface area contributed by atoms with Gasteiger partial charge in [0.15, 0.2) is 0 Å². The standard InChI is InChI=1S/C14H16N2O3/c1-4-9-7-5-6-8-10(9)16-12(18)14(2,3)11(17)15-13(16)19/h5-8H,4H2,1-3H3,(H,15,17,19). The van der Waals surface area contributed by atoms with Crippen LogP contribution in [0.2, 0.25) is 0 Å². The van der Waals surface area contributed by atoms with E-state index in [9.17, 15) is 14.4 Å². The second-order valence-electron chi connectivity index (χ2n) is 5.01. The molecule has 0 aliphatic carbocycles. The Kier molecular flexibility index (Phi) is 3.14. The molecular weight excluding hydrogens is 244 g/mol. The van der Waals surface area contributed by atoms with Gasteiger partial charge in [-0.15, -0.1) is 0 Å². The Bertz CT molecular complexity index is 564. The van der Waals surface area contributed by atoms with Crippen molar-refractivity contribution in [2.24, 2.45) is 5.41 Å². The van der Waals surface area contributed by atoms with E-state index in [1.54, 1.807) is 12.1 Å². The molecule has 0 radical (unpaired) electrons. The van der Waals surface area contributed by atoms with Gasteiger partial charge in [-0.25, -0.2) is 9.69 Å². The van der Waals surface area contributed by atoms with Gasteiger partial charge in [0.25, 0.3) is 0 Å². The second-order valence-corrected chi connectivity index (χ2v) is 5.01. The molecule has 0 bridgehead atoms. The third-order valence-corrected chi connectivity index (χ3v) is 3.34. The van der Waals surface area contributed by atoms with Crippen LogP contribution in [0.5, 0.6) is 0 Å². The number of carbonyl (C=O) groups excluding carboxylic acids is 3. The fourth-order valence-electron chi connectivity index (χ4n) is 2.02. The van der Waals surface area contributed by atoms with Crippen LogP contribution in [-0.4, -0.2) is 17.8 Å². The average Bonchev–Trinajstić information content (AvgIpc) is 2.37. The van der Waals surface area contributed by atoms with Gasteiger partial charge >= 0.3 is 6.03 Å². The molecule has 0 saturated carbocycles. The molecule has 1 heterocycles. The van der Waals surface area contributed by atoms with Crippen molar-refractivity contribution in [3.05, 3.63) is 29.8 Å². The molecular formula is C14H16N2O3. The maximum absolute atomic E-state index is 12.4. The van der Waals surface area contributed by atoms with Crippen LogP contribution in [0.3, 0.4) is 0 Å². The molecule has 1 aliphatic rings. The van der Waals surface area contributed by atoms with Gasteiger partial charge in [0.05, 0.1) is 5.69 Å². The van der Waals surface area contributed by atoms with Crippen LogP contribution >= 0.6 is 0 Å². The van der Waals surface area contributed by atoms with Gasteiger partial charge in [-0.1, -0.05) is 25.1 Å². The number of para-hydroxylation sites is 1. The van der Waals surface area contributed by atoms with Gasteiger partial charge in [0.1, 0.15) is 5.41 Å². The number of nitrogens with zero attached hydrogens (tertiary/aromatic N) is 1. The van der Waals surface area contributed by atoms with E-state index in [-0.39, 0.29) is 0 Å². The number of anilines is 1. The Hall–Kier alpha value is -2.17. The highest BCUT2D eigenvalue weighted by atomic mass is 16.2. The normalized spacial score (nSPS) is 18.5. The predicted octanol–water partition coefficient (Wildman–Crippen LogP) is 1.86. The largest absolute Gasteiger partial charge is 0.335 e. The summed E-state index contributed by atoms with van der Waals surface area (Å²) in [5.41, 5.74) is 0.179. The molecule has 0 atom stereocenters. The topological polar surface area (TPSA) is 66.5 Å². The molecule has 2 rings (SSSR count). The number of hydrogen-bond acceptors (Lipinski definition) is 3. The number of barbiturate groups is 1. The molecule has 1 aliphatic heterocycles. The maximum Gasteiger partial charge on any atom is 0.335 e. The van der Waals surface area contributed by atoms with Crippen molar-refractivity contribution in [2.45, 2.75) is 27.2 Å². The molecule has 5 heteroatoms. The summed E-state index contributed by atoms with van der Waals surface area (Å²) in [5.74, 6) is -1.06. The first-order valence-corrected chi connectivity index (χ1v) is 6.17. The summed E-state index contributed by atoms with van der Waals surface area (Å²) < 4.78 is 0. The first kappa shape index (κ1) is 13.3. The molecule has 1 aromatic carbocycles. The Morgan fingerprint density at radius 3 is 2.42 bits per heavy atom. The lowest BCUT2D eigenvalue weighted by atomic mass is 9.88. The summed E-state index contributed by atoms with van der Waals surface area (Å²) in [7, 11) is 0. The number of aryl methyl sites for hydroxylation is 1. The number of nitrogens with one attached hydrogen (secondary N) is 1. The molecule has 100 valence electrons. The van der Waals surface area contributed by atoms with Crippen molar-refractivity contribution >= 4 is 23.5 Å². The monoisotopic (exact) mass is 260 g/mol. The van der Waals surface area contributed by atoms with Gasteiger partial charge in [-0.05, 0) is 31.9 Å². The van der Waals surface area contributed by atoms with Gasteiger partial charge in [0, 0.05) is 0 Å². The summed E-state index contributed by atoms with van der Waals surface area (Å²) in [6.07, 6.45) is 0.696. The van der Waals surface area contributed by atoms with Gasteiger partial charge in [-0.3, -0.25) is 14.9 Å². The number of benzene rings is 1. The van der Waals surface area contributed by atoms with Crippen molar-refractivity contribution in [2.75, 3.05) is 4.90 Å². The SMILES string of the molecule is CCc1ccccc1N1C(=O)NC(=O)C(C)(C)C1=O. The van der Waals surface area contributed by atoms with Crippen molar-refractivity contribution < 1.29 is 14.4 Å². The van der Waals surface area contributed by atoms with E-state index in [2.05, 4.69) is 5.32 Å². The minimum absolute atomic E-state index is 0.498. The zero-order valence-electron chi connectivity index (χ0n) is 11.2. The van der Waals surface area contributed by atoms with E-state index in [0.717, 1.165) is 10.5 Å². The van der Waals surface area contributed by atoms with Crippen LogP contribution in [0, 0.1) is 5.41 Å². The highest BCUT2D eigenvalue weighted by Gasteiger charge is 2.47. The summed E-state index contributed by atoms with van der Waals surface area (Å²) in [4.78, 5) is 37.1. The number of rotatable bonds is 2. The number of urea groups is 1. The van der Waals surface area contributed by atoms with Crippen LogP contribution in [0.4, 0.5) is 10.5 Å². The summed E-state index contributed by atoms with van der Waals surface area (Å²) >= 11 is 0. The Morgan fingerprint density at radius 2 is 1.79 bits per heavy atom. The molecule has 5 nitrogen and oxygen atoms in total. The first-order chi connectivity index (χ1) is 8.89. The van der Waals surface area contributed by atoms with Gasteiger partial charge in [-0.2, -0.15) is 0 Å². The Balaban J connectivity index is 2.52. The summed E-state index contributed by atoms with van der Waals surface area (Å²) in [6, 6.07) is 6.50. The molecule has 1 fully saturated rings. The summed E-state index contributed by atoms with van der Waals surface area (Å²) in [5, 5.41) is 2.23. The van der Waals surface area contributed by atoms with Gasteiger partial charge in [0.2, 0.25) is 11.8 Å². The third-order valence-electron chi connectivity index (χ3n) is 3.34. The maximum atomic E-state index is 12.4. The first-order valence-electron chi connectivity index (χ1n) is 6.17. The molecule has 0 spiro atoms. The van der Waals surface area contributed by atoms with Crippen LogP contribution < -0.4 is 10.2 Å². The lowest BCUT2D eigenvalue weighted by Gasteiger charge is -2.35. The van der Waals surface area contributed by atoms with Crippen LogP contribution in [0.25, 0.3) is 0 Å². The fourth-order valence-corrected chi connectivity index (χ4v) is 2.02. The molecule has 19 heavy (non-hydrogen) atoms. The zero-order valence-corrected chi connectivity index (χ0v) is 11.2. The van der Waals surface area contributed by atoms with E-state index in [1.165, 1.54) is 13.8 Å². The number of carbonyl (C=O) groups is 3. The summed E-state index contributed by atoms with van der Waals surface area (Å²) in [6.45, 7) is 4.97. The van der Waals surface area contributed by atoms with E-state index < -0.39 is 23.3 Å². The lowest BCUT2D eigenvalue weighted by molar-refractivity contribution is -0.140. The van der Waals surface area contributed by atoms with Crippen molar-refractivity contribution in [1.82, 2.24) is 5.32 Å². The Labute approximate surface area is 111 Å². The Morgan fingerprint density at radius 1 is 1.16 bits per heavy atom. The van der Waals surface area contributed by atoms with E-state index in [0.29, 0.717) is 12.1 Å². The molecule has 1 saturated heterocycles. The minimum atomic E-state index is -1.24. The van der Waals surface area contributed by atoms with Crippen LogP contribution in [0.1, 0.15) is 26.3 Å². The highest BCUT2D eigenvalue weighted by molar-refractivity contribution is 6.29. The molecule has 4 amide bonds. The molecule has 0 aromatic heterocycles. The van der Waals surface area contributed by atoms with E-state index in [4.69, 9.17) is 0 Å². The van der Waals surface area contributed by atoms with Crippen LogP contribution in [0.15, 0.2) is 24.3 Å². The minimum Gasteiger partial charge on any atom is -0.276 e. The predicted molar refractivity (Wildman–Crippen MR) is 70.6 cm³/mol. The van der Waals surface area contributed by atoms with Crippen molar-refractivity contribution in [3.8, 4) is 0 Å². The van der Waals surface area contributed by atoms with E-state index >= 15 is 0 Å². The fraction of sp³-hybridized carbons (Fsp3) is 0.357. The molecule has 1 aromatic rings. The van der Waals surface area contributed by atoms with E-state index in [1.807, 2.05) is 19.1 Å². The quantitative estimate of drug-likeness (QED) is 0.825. The van der Waals surface area contributed by atoms with Crippen molar-refractivity contribution in [3.63, 3.8) is 0 Å². The second kappa shape index (κ2) is 4.50. The smallest absolute Gasteiger partial charge is 0.276 e. The molecule has 1 N–H and O–H groups in total. The number of amides is 4.